The van der Waals surface area contributed by atoms with Gasteiger partial charge in [0.1, 0.15) is 10.8 Å². The number of halogens is 2. The highest BCUT2D eigenvalue weighted by molar-refractivity contribution is 6.33. The van der Waals surface area contributed by atoms with Crippen molar-refractivity contribution in [1.29, 1.82) is 0 Å². The Kier molecular flexibility index (Phi) is 4.96. The Balaban J connectivity index is 2.32. The zero-order valence-electron chi connectivity index (χ0n) is 12.0. The quantitative estimate of drug-likeness (QED) is 0.852. The number of aromatic nitrogens is 2. The Bertz CT molecular complexity index is 666. The van der Waals surface area contributed by atoms with Crippen molar-refractivity contribution in [3.63, 3.8) is 0 Å². The predicted molar refractivity (Wildman–Crippen MR) is 82.6 cm³/mol. The number of hydrogen-bond acceptors (Lipinski definition) is 3. The van der Waals surface area contributed by atoms with Gasteiger partial charge in [0.05, 0.1) is 18.4 Å². The van der Waals surface area contributed by atoms with Gasteiger partial charge >= 0.3 is 0 Å². The molecule has 1 aromatic heterocycles. The van der Waals surface area contributed by atoms with E-state index < -0.39 is 0 Å². The SMILES string of the molecule is CCN(CC)c1cnn(Cc2ccc(F)cc2)c(=O)c1Cl. The van der Waals surface area contributed by atoms with Crippen LogP contribution in [0.5, 0.6) is 0 Å². The molecule has 0 aliphatic rings. The summed E-state index contributed by atoms with van der Waals surface area (Å²) in [5.74, 6) is -0.311. The molecule has 4 nitrogen and oxygen atoms in total. The second-order valence-corrected chi connectivity index (χ2v) is 4.98. The van der Waals surface area contributed by atoms with Crippen LogP contribution in [0.1, 0.15) is 19.4 Å². The van der Waals surface area contributed by atoms with Gasteiger partial charge in [0.15, 0.2) is 0 Å². The Morgan fingerprint density at radius 1 is 1.24 bits per heavy atom. The van der Waals surface area contributed by atoms with E-state index in [2.05, 4.69) is 5.10 Å². The number of nitrogens with zero attached hydrogens (tertiary/aromatic N) is 3. The highest BCUT2D eigenvalue weighted by Crippen LogP contribution is 2.20. The summed E-state index contributed by atoms with van der Waals surface area (Å²) in [4.78, 5) is 14.2. The van der Waals surface area contributed by atoms with E-state index in [0.717, 1.165) is 18.7 Å². The van der Waals surface area contributed by atoms with Crippen LogP contribution in [0.2, 0.25) is 5.02 Å². The summed E-state index contributed by atoms with van der Waals surface area (Å²) >= 11 is 6.17. The van der Waals surface area contributed by atoms with Gasteiger partial charge in [-0.05, 0) is 31.5 Å². The minimum Gasteiger partial charge on any atom is -0.369 e. The molecular formula is C15H17ClFN3O. The molecule has 21 heavy (non-hydrogen) atoms. The predicted octanol–water partition coefficient (Wildman–Crippen LogP) is 2.93. The molecule has 0 saturated heterocycles. The largest absolute Gasteiger partial charge is 0.369 e. The molecule has 1 aromatic carbocycles. The Morgan fingerprint density at radius 3 is 2.43 bits per heavy atom. The molecule has 2 aromatic rings. The van der Waals surface area contributed by atoms with Gasteiger partial charge in [-0.2, -0.15) is 5.10 Å². The minimum atomic E-state index is -0.342. The minimum absolute atomic E-state index is 0.163. The number of hydrogen-bond donors (Lipinski definition) is 0. The lowest BCUT2D eigenvalue weighted by Gasteiger charge is -2.21. The normalized spacial score (nSPS) is 10.7. The fraction of sp³-hybridized carbons (Fsp3) is 0.333. The van der Waals surface area contributed by atoms with Crippen LogP contribution in [-0.4, -0.2) is 22.9 Å². The van der Waals surface area contributed by atoms with Crippen LogP contribution in [0.15, 0.2) is 35.3 Å². The van der Waals surface area contributed by atoms with Gasteiger partial charge in [0, 0.05) is 13.1 Å². The molecule has 0 fully saturated rings. The smallest absolute Gasteiger partial charge is 0.287 e. The van der Waals surface area contributed by atoms with Crippen LogP contribution < -0.4 is 10.5 Å². The molecule has 6 heteroatoms. The van der Waals surface area contributed by atoms with Crippen LogP contribution in [0.4, 0.5) is 10.1 Å². The lowest BCUT2D eigenvalue weighted by atomic mass is 10.2. The van der Waals surface area contributed by atoms with Gasteiger partial charge in [0.25, 0.3) is 5.56 Å². The van der Waals surface area contributed by atoms with Crippen molar-refractivity contribution in [2.24, 2.45) is 0 Å². The summed E-state index contributed by atoms with van der Waals surface area (Å²) in [6, 6.07) is 5.95. The van der Waals surface area contributed by atoms with E-state index in [1.165, 1.54) is 16.8 Å². The van der Waals surface area contributed by atoms with Crippen molar-refractivity contribution >= 4 is 17.3 Å². The first-order valence-corrected chi connectivity index (χ1v) is 7.19. The van der Waals surface area contributed by atoms with E-state index in [1.807, 2.05) is 18.7 Å². The van der Waals surface area contributed by atoms with Gasteiger partial charge in [-0.1, -0.05) is 23.7 Å². The van der Waals surface area contributed by atoms with Crippen LogP contribution in [-0.2, 0) is 6.54 Å². The second-order valence-electron chi connectivity index (χ2n) is 4.61. The molecule has 0 atom stereocenters. The molecule has 0 unspecified atom stereocenters. The maximum absolute atomic E-state index is 12.9. The van der Waals surface area contributed by atoms with E-state index in [4.69, 9.17) is 11.6 Å². The Hall–Kier alpha value is -1.88. The molecule has 0 aliphatic carbocycles. The topological polar surface area (TPSA) is 38.1 Å². The van der Waals surface area contributed by atoms with Gasteiger partial charge < -0.3 is 4.90 Å². The summed E-state index contributed by atoms with van der Waals surface area (Å²) in [7, 11) is 0. The first-order chi connectivity index (χ1) is 10.1. The summed E-state index contributed by atoms with van der Waals surface area (Å²) in [5.41, 5.74) is 1.09. The van der Waals surface area contributed by atoms with Crippen molar-refractivity contribution in [3.05, 3.63) is 57.2 Å². The lowest BCUT2D eigenvalue weighted by molar-refractivity contribution is 0.618. The molecule has 112 valence electrons. The van der Waals surface area contributed by atoms with Crippen molar-refractivity contribution < 1.29 is 4.39 Å². The summed E-state index contributed by atoms with van der Waals surface area (Å²) in [6.07, 6.45) is 1.60. The number of benzene rings is 1. The third-order valence-corrected chi connectivity index (χ3v) is 3.67. The monoisotopic (exact) mass is 309 g/mol. The first kappa shape index (κ1) is 15.5. The van der Waals surface area contributed by atoms with E-state index in [0.29, 0.717) is 5.69 Å². The van der Waals surface area contributed by atoms with Crippen molar-refractivity contribution in [2.45, 2.75) is 20.4 Å². The van der Waals surface area contributed by atoms with Gasteiger partial charge in [-0.25, -0.2) is 9.07 Å². The fourth-order valence-electron chi connectivity index (χ4n) is 2.12. The van der Waals surface area contributed by atoms with Gasteiger partial charge in [-0.3, -0.25) is 4.79 Å². The van der Waals surface area contributed by atoms with E-state index >= 15 is 0 Å². The fourth-order valence-corrected chi connectivity index (χ4v) is 2.38. The molecule has 2 rings (SSSR count). The molecule has 1 heterocycles. The average molecular weight is 310 g/mol. The van der Waals surface area contributed by atoms with Crippen LogP contribution in [0.3, 0.4) is 0 Å². The molecule has 0 aliphatic heterocycles. The van der Waals surface area contributed by atoms with Crippen LogP contribution >= 0.6 is 11.6 Å². The van der Waals surface area contributed by atoms with Crippen LogP contribution in [0.25, 0.3) is 0 Å². The molecule has 0 spiro atoms. The Labute approximate surface area is 127 Å². The summed E-state index contributed by atoms with van der Waals surface area (Å²) in [5, 5.41) is 4.32. The standard InChI is InChI=1S/C15H17ClFN3O/c1-3-19(4-2)13-9-18-20(15(21)14(13)16)10-11-5-7-12(17)8-6-11/h5-9H,3-4,10H2,1-2H3. The van der Waals surface area contributed by atoms with Crippen LogP contribution in [0, 0.1) is 5.82 Å². The number of rotatable bonds is 5. The van der Waals surface area contributed by atoms with Gasteiger partial charge in [-0.15, -0.1) is 0 Å². The molecule has 0 amide bonds. The lowest BCUT2D eigenvalue weighted by Crippen LogP contribution is -2.29. The maximum Gasteiger partial charge on any atom is 0.287 e. The van der Waals surface area contributed by atoms with E-state index in [9.17, 15) is 9.18 Å². The average Bonchev–Trinajstić information content (AvgIpc) is 2.49. The zero-order valence-corrected chi connectivity index (χ0v) is 12.8. The summed E-state index contributed by atoms with van der Waals surface area (Å²) in [6.45, 7) is 5.74. The zero-order chi connectivity index (χ0) is 15.4. The maximum atomic E-state index is 12.9. The highest BCUT2D eigenvalue weighted by atomic mass is 35.5. The number of anilines is 1. The molecule has 0 saturated carbocycles. The second kappa shape index (κ2) is 6.72. The first-order valence-electron chi connectivity index (χ1n) is 6.81. The molecule has 0 radical (unpaired) electrons. The van der Waals surface area contributed by atoms with E-state index in [1.54, 1.807) is 18.3 Å². The van der Waals surface area contributed by atoms with E-state index in [-0.39, 0.29) is 22.9 Å². The molecular weight excluding hydrogens is 293 g/mol. The molecule has 0 bridgehead atoms. The molecule has 0 N–H and O–H groups in total. The highest BCUT2D eigenvalue weighted by Gasteiger charge is 2.13. The Morgan fingerprint density at radius 2 is 1.86 bits per heavy atom. The summed E-state index contributed by atoms with van der Waals surface area (Å²) < 4.78 is 14.2. The van der Waals surface area contributed by atoms with Crippen molar-refractivity contribution in [2.75, 3.05) is 18.0 Å². The third-order valence-electron chi connectivity index (χ3n) is 3.32. The van der Waals surface area contributed by atoms with Crippen molar-refractivity contribution in [3.8, 4) is 0 Å². The van der Waals surface area contributed by atoms with Gasteiger partial charge in [0.2, 0.25) is 0 Å². The third kappa shape index (κ3) is 3.42. The van der Waals surface area contributed by atoms with Crippen molar-refractivity contribution in [1.82, 2.24) is 9.78 Å².